The number of halogens is 3. The molecule has 31 heavy (non-hydrogen) atoms. The molecule has 1 aromatic carbocycles. The van der Waals surface area contributed by atoms with Crippen molar-refractivity contribution in [2.45, 2.75) is 42.3 Å². The lowest BCUT2D eigenvalue weighted by molar-refractivity contribution is -0.137. The Bertz CT molecular complexity index is 1110. The Hall–Kier alpha value is -2.88. The Morgan fingerprint density at radius 3 is 2.68 bits per heavy atom. The number of nitrogens with zero attached hydrogens (tertiary/aromatic N) is 4. The van der Waals surface area contributed by atoms with Crippen LogP contribution < -0.4 is 5.32 Å². The number of pyridine rings is 1. The summed E-state index contributed by atoms with van der Waals surface area (Å²) in [6.07, 6.45) is -1.34. The lowest BCUT2D eigenvalue weighted by atomic mass is 10.1. The molecule has 0 spiro atoms. The van der Waals surface area contributed by atoms with Gasteiger partial charge in [0, 0.05) is 29.6 Å². The van der Waals surface area contributed by atoms with Crippen LogP contribution in [0.4, 0.5) is 18.9 Å². The van der Waals surface area contributed by atoms with Crippen LogP contribution in [-0.4, -0.2) is 25.7 Å². The molecule has 6 nitrogen and oxygen atoms in total. The molecule has 1 N–H and O–H groups in total. The van der Waals surface area contributed by atoms with Gasteiger partial charge in [-0.3, -0.25) is 4.79 Å². The molecule has 1 fully saturated rings. The smallest absolute Gasteiger partial charge is 0.321 e. The molecule has 0 bridgehead atoms. The van der Waals surface area contributed by atoms with Crippen LogP contribution in [-0.2, 0) is 13.2 Å². The van der Waals surface area contributed by atoms with Crippen molar-refractivity contribution in [2.75, 3.05) is 5.32 Å². The molecule has 0 saturated heterocycles. The zero-order valence-electron chi connectivity index (χ0n) is 16.8. The van der Waals surface area contributed by atoms with Crippen LogP contribution in [0.15, 0.2) is 47.9 Å². The Morgan fingerprint density at radius 1 is 1.26 bits per heavy atom. The Morgan fingerprint density at radius 2 is 2.03 bits per heavy atom. The van der Waals surface area contributed by atoms with E-state index in [9.17, 15) is 18.0 Å². The van der Waals surface area contributed by atoms with Crippen molar-refractivity contribution < 1.29 is 18.0 Å². The van der Waals surface area contributed by atoms with Gasteiger partial charge in [-0.1, -0.05) is 23.9 Å². The van der Waals surface area contributed by atoms with Gasteiger partial charge in [-0.15, -0.1) is 10.2 Å². The minimum atomic E-state index is -4.53. The number of carbonyl (C=O) groups is 1. The standard InChI is InChI=1S/C21H20F3N5OS/c1-12(31-20-28-25-11-29(20)2)14-4-3-5-16(8-14)26-19(30)18-10-15(21(22,23)24)9-17(27-18)13-6-7-13/h3-5,8-13H,6-7H2,1-2H3,(H,26,30)/t12-/m0/s1. The SMILES string of the molecule is C[C@H](Sc1nncn1C)c1cccc(NC(=O)c2cc(C(F)(F)F)cc(C3CC3)n2)c1. The summed E-state index contributed by atoms with van der Waals surface area (Å²) in [6.45, 7) is 2.00. The average Bonchev–Trinajstić information content (AvgIpc) is 3.51. The third-order valence-electron chi connectivity index (χ3n) is 4.97. The summed E-state index contributed by atoms with van der Waals surface area (Å²) in [5.41, 5.74) is 0.657. The van der Waals surface area contributed by atoms with E-state index in [1.165, 1.54) is 11.8 Å². The lowest BCUT2D eigenvalue weighted by Gasteiger charge is -2.14. The van der Waals surface area contributed by atoms with E-state index in [-0.39, 0.29) is 16.9 Å². The monoisotopic (exact) mass is 447 g/mol. The summed E-state index contributed by atoms with van der Waals surface area (Å²) in [5, 5.41) is 11.4. The number of alkyl halides is 3. The number of aryl methyl sites for hydroxylation is 1. The number of carbonyl (C=O) groups excluding carboxylic acids is 1. The molecule has 0 unspecified atom stereocenters. The van der Waals surface area contributed by atoms with Gasteiger partial charge in [0.15, 0.2) is 5.16 Å². The molecule has 1 saturated carbocycles. The zero-order valence-corrected chi connectivity index (χ0v) is 17.7. The number of anilines is 1. The van der Waals surface area contributed by atoms with E-state index in [4.69, 9.17) is 0 Å². The summed E-state index contributed by atoms with van der Waals surface area (Å²) in [4.78, 5) is 16.9. The van der Waals surface area contributed by atoms with Crippen molar-refractivity contribution in [3.05, 3.63) is 65.2 Å². The maximum absolute atomic E-state index is 13.3. The molecule has 162 valence electrons. The topological polar surface area (TPSA) is 72.7 Å². The van der Waals surface area contributed by atoms with E-state index in [1.54, 1.807) is 24.5 Å². The second-order valence-electron chi connectivity index (χ2n) is 7.50. The minimum Gasteiger partial charge on any atom is -0.321 e. The third-order valence-corrected chi connectivity index (χ3v) is 6.17. The second kappa shape index (κ2) is 8.33. The Labute approximate surface area is 181 Å². The lowest BCUT2D eigenvalue weighted by Crippen LogP contribution is -2.17. The van der Waals surface area contributed by atoms with Gasteiger partial charge < -0.3 is 9.88 Å². The first-order chi connectivity index (χ1) is 14.7. The van der Waals surface area contributed by atoms with Crippen LogP contribution in [0.3, 0.4) is 0 Å². The van der Waals surface area contributed by atoms with Crippen LogP contribution in [0.1, 0.15) is 58.2 Å². The number of rotatable bonds is 6. The molecule has 2 heterocycles. The number of thioether (sulfide) groups is 1. The summed E-state index contributed by atoms with van der Waals surface area (Å²) in [6, 6.07) is 9.03. The van der Waals surface area contributed by atoms with Crippen molar-refractivity contribution >= 4 is 23.4 Å². The first-order valence-electron chi connectivity index (χ1n) is 9.72. The number of amides is 1. The molecule has 10 heteroatoms. The Balaban J connectivity index is 1.53. The molecule has 2 aromatic heterocycles. The normalized spacial score (nSPS) is 15.0. The molecule has 0 radical (unpaired) electrons. The summed E-state index contributed by atoms with van der Waals surface area (Å²) in [7, 11) is 1.85. The van der Waals surface area contributed by atoms with Gasteiger partial charge in [0.25, 0.3) is 5.91 Å². The maximum Gasteiger partial charge on any atom is 0.416 e. The van der Waals surface area contributed by atoms with Crippen molar-refractivity contribution in [1.82, 2.24) is 19.7 Å². The molecule has 1 aliphatic carbocycles. The summed E-state index contributed by atoms with van der Waals surface area (Å²) in [5.74, 6) is -0.672. The Kier molecular flexibility index (Phi) is 5.74. The second-order valence-corrected chi connectivity index (χ2v) is 8.81. The fourth-order valence-corrected chi connectivity index (χ4v) is 4.00. The van der Waals surface area contributed by atoms with Crippen LogP contribution in [0, 0.1) is 0 Å². The van der Waals surface area contributed by atoms with Gasteiger partial charge in [0.2, 0.25) is 0 Å². The van der Waals surface area contributed by atoms with E-state index in [0.717, 1.165) is 35.7 Å². The van der Waals surface area contributed by atoms with E-state index in [2.05, 4.69) is 20.5 Å². The van der Waals surface area contributed by atoms with E-state index in [0.29, 0.717) is 11.4 Å². The molecular weight excluding hydrogens is 427 g/mol. The highest BCUT2D eigenvalue weighted by atomic mass is 32.2. The third kappa shape index (κ3) is 5.07. The first kappa shape index (κ1) is 21.4. The van der Waals surface area contributed by atoms with E-state index < -0.39 is 17.6 Å². The van der Waals surface area contributed by atoms with Crippen molar-refractivity contribution in [3.63, 3.8) is 0 Å². The number of hydrogen-bond donors (Lipinski definition) is 1. The van der Waals surface area contributed by atoms with E-state index >= 15 is 0 Å². The number of aromatic nitrogens is 4. The minimum absolute atomic E-state index is 0.00401. The molecular formula is C21H20F3N5OS. The van der Waals surface area contributed by atoms with Crippen LogP contribution in [0.2, 0.25) is 0 Å². The van der Waals surface area contributed by atoms with Gasteiger partial charge in [-0.2, -0.15) is 13.2 Å². The summed E-state index contributed by atoms with van der Waals surface area (Å²) < 4.78 is 41.6. The van der Waals surface area contributed by atoms with Gasteiger partial charge in [-0.25, -0.2) is 4.98 Å². The highest BCUT2D eigenvalue weighted by Crippen LogP contribution is 2.41. The predicted octanol–water partition coefficient (Wildman–Crippen LogP) is 5.21. The zero-order chi connectivity index (χ0) is 22.2. The molecule has 3 aromatic rings. The molecule has 1 aliphatic rings. The molecule has 1 amide bonds. The fraction of sp³-hybridized carbons (Fsp3) is 0.333. The molecule has 0 aliphatic heterocycles. The highest BCUT2D eigenvalue weighted by molar-refractivity contribution is 7.99. The fourth-order valence-electron chi connectivity index (χ4n) is 3.09. The number of hydrogen-bond acceptors (Lipinski definition) is 5. The van der Waals surface area contributed by atoms with Crippen LogP contribution in [0.5, 0.6) is 0 Å². The molecule has 1 atom stereocenters. The predicted molar refractivity (Wildman–Crippen MR) is 111 cm³/mol. The van der Waals surface area contributed by atoms with Crippen LogP contribution in [0.25, 0.3) is 0 Å². The first-order valence-corrected chi connectivity index (χ1v) is 10.6. The van der Waals surface area contributed by atoms with Crippen molar-refractivity contribution in [1.29, 1.82) is 0 Å². The van der Waals surface area contributed by atoms with Gasteiger partial charge >= 0.3 is 6.18 Å². The maximum atomic E-state index is 13.3. The van der Waals surface area contributed by atoms with Gasteiger partial charge in [-0.05, 0) is 49.6 Å². The summed E-state index contributed by atoms with van der Waals surface area (Å²) >= 11 is 1.51. The van der Waals surface area contributed by atoms with Crippen LogP contribution >= 0.6 is 11.8 Å². The largest absolute Gasteiger partial charge is 0.416 e. The number of nitrogens with one attached hydrogen (secondary N) is 1. The van der Waals surface area contributed by atoms with Crippen molar-refractivity contribution in [2.24, 2.45) is 7.05 Å². The molecule has 4 rings (SSSR count). The van der Waals surface area contributed by atoms with Gasteiger partial charge in [0.05, 0.1) is 5.56 Å². The quantitative estimate of drug-likeness (QED) is 0.525. The number of benzene rings is 1. The van der Waals surface area contributed by atoms with Crippen molar-refractivity contribution in [3.8, 4) is 0 Å². The average molecular weight is 447 g/mol. The highest BCUT2D eigenvalue weighted by Gasteiger charge is 2.35. The van der Waals surface area contributed by atoms with Gasteiger partial charge in [0.1, 0.15) is 12.0 Å². The van der Waals surface area contributed by atoms with E-state index in [1.807, 2.05) is 24.6 Å².